The summed E-state index contributed by atoms with van der Waals surface area (Å²) < 4.78 is 0.819. The summed E-state index contributed by atoms with van der Waals surface area (Å²) in [5, 5.41) is 19.6. The Balaban J connectivity index is 2.60. The molecule has 0 saturated carbocycles. The Morgan fingerprint density at radius 3 is 2.69 bits per heavy atom. The summed E-state index contributed by atoms with van der Waals surface area (Å²) in [7, 11) is 0. The minimum Gasteiger partial charge on any atom is -0.506 e. The van der Waals surface area contributed by atoms with Gasteiger partial charge in [-0.05, 0) is 46.3 Å². The molecule has 0 bridgehead atoms. The molecule has 2 N–H and O–H groups in total. The van der Waals surface area contributed by atoms with Crippen molar-refractivity contribution in [2.24, 2.45) is 0 Å². The van der Waals surface area contributed by atoms with Gasteiger partial charge in [-0.1, -0.05) is 19.9 Å². The van der Waals surface area contributed by atoms with Crippen LogP contribution in [-0.2, 0) is 18.3 Å². The van der Waals surface area contributed by atoms with Gasteiger partial charge in [0.1, 0.15) is 5.75 Å². The minimum atomic E-state index is -0.399. The Morgan fingerprint density at radius 2 is 2.06 bits per heavy atom. The van der Waals surface area contributed by atoms with Gasteiger partial charge in [0.2, 0.25) is 0 Å². The van der Waals surface area contributed by atoms with Crippen LogP contribution in [0, 0.1) is 0 Å². The fourth-order valence-corrected chi connectivity index (χ4v) is 2.95. The summed E-state index contributed by atoms with van der Waals surface area (Å²) in [6.45, 7) is 3.91. The summed E-state index contributed by atoms with van der Waals surface area (Å²) in [4.78, 5) is 0. The molecular weight excluding hydrogens is 268 g/mol. The molecule has 3 heteroatoms. The molecule has 0 atom stereocenters. The highest BCUT2D eigenvalue weighted by molar-refractivity contribution is 9.10. The quantitative estimate of drug-likeness (QED) is 0.877. The fraction of sp³-hybridized carbons (Fsp3) is 0.538. The number of phenols is 1. The van der Waals surface area contributed by atoms with E-state index in [1.54, 1.807) is 0 Å². The lowest BCUT2D eigenvalue weighted by molar-refractivity contribution is 0.215. The molecule has 2 nitrogen and oxygen atoms in total. The molecule has 0 spiro atoms. The lowest BCUT2D eigenvalue weighted by Crippen LogP contribution is -2.22. The third kappa shape index (κ3) is 1.76. The molecule has 0 aromatic heterocycles. The molecule has 0 unspecified atom stereocenters. The standard InChI is InChI=1S/C13H17BrO2/c1-13(2,7-15)10-6-8-4-3-5-9(8)11(14)12(10)16/h6,15-16H,3-5,7H2,1-2H3. The average molecular weight is 285 g/mol. The van der Waals surface area contributed by atoms with Gasteiger partial charge in [0, 0.05) is 11.0 Å². The van der Waals surface area contributed by atoms with Gasteiger partial charge in [-0.25, -0.2) is 0 Å². The SMILES string of the molecule is CC(C)(CO)c1cc2c(c(Br)c1O)CCC2. The maximum atomic E-state index is 10.2. The van der Waals surface area contributed by atoms with E-state index < -0.39 is 5.41 Å². The average Bonchev–Trinajstić information content (AvgIpc) is 2.71. The molecule has 1 aliphatic rings. The van der Waals surface area contributed by atoms with Crippen molar-refractivity contribution in [1.82, 2.24) is 0 Å². The molecule has 0 heterocycles. The normalized spacial score (nSPS) is 15.2. The van der Waals surface area contributed by atoms with E-state index in [-0.39, 0.29) is 6.61 Å². The Hall–Kier alpha value is -0.540. The topological polar surface area (TPSA) is 40.5 Å². The van der Waals surface area contributed by atoms with Gasteiger partial charge in [-0.3, -0.25) is 0 Å². The molecule has 0 fully saturated rings. The predicted molar refractivity (Wildman–Crippen MR) is 67.9 cm³/mol. The Morgan fingerprint density at radius 1 is 1.38 bits per heavy atom. The lowest BCUT2D eigenvalue weighted by Gasteiger charge is -2.25. The van der Waals surface area contributed by atoms with Crippen molar-refractivity contribution >= 4 is 15.9 Å². The first-order valence-electron chi connectivity index (χ1n) is 5.62. The highest BCUT2D eigenvalue weighted by Gasteiger charge is 2.28. The molecule has 0 amide bonds. The summed E-state index contributed by atoms with van der Waals surface area (Å²) in [6.07, 6.45) is 3.25. The molecule has 88 valence electrons. The molecule has 1 aromatic rings. The predicted octanol–water partition coefficient (Wildman–Crippen LogP) is 2.91. The zero-order valence-electron chi connectivity index (χ0n) is 9.68. The summed E-state index contributed by atoms with van der Waals surface area (Å²) >= 11 is 3.47. The van der Waals surface area contributed by atoms with Crippen molar-refractivity contribution in [3.05, 3.63) is 27.2 Å². The third-order valence-electron chi connectivity index (χ3n) is 3.43. The van der Waals surface area contributed by atoms with Crippen LogP contribution in [0.4, 0.5) is 0 Å². The second-order valence-electron chi connectivity index (χ2n) is 5.12. The molecule has 1 aliphatic carbocycles. The number of aryl methyl sites for hydroxylation is 1. The number of aromatic hydroxyl groups is 1. The fourth-order valence-electron chi connectivity index (χ4n) is 2.28. The van der Waals surface area contributed by atoms with Gasteiger partial charge < -0.3 is 10.2 Å². The minimum absolute atomic E-state index is 0.0335. The lowest BCUT2D eigenvalue weighted by atomic mass is 9.83. The van der Waals surface area contributed by atoms with Crippen LogP contribution in [0.3, 0.4) is 0 Å². The molecule has 0 saturated heterocycles. The van der Waals surface area contributed by atoms with E-state index in [4.69, 9.17) is 0 Å². The van der Waals surface area contributed by atoms with E-state index in [0.29, 0.717) is 5.75 Å². The first-order valence-corrected chi connectivity index (χ1v) is 6.41. The first kappa shape index (κ1) is 11.9. The van der Waals surface area contributed by atoms with Crippen LogP contribution < -0.4 is 0 Å². The van der Waals surface area contributed by atoms with Gasteiger partial charge >= 0.3 is 0 Å². The van der Waals surface area contributed by atoms with Crippen LogP contribution >= 0.6 is 15.9 Å². The second kappa shape index (κ2) is 4.04. The van der Waals surface area contributed by atoms with E-state index in [1.165, 1.54) is 11.1 Å². The van der Waals surface area contributed by atoms with Crippen LogP contribution in [0.25, 0.3) is 0 Å². The Labute approximate surface area is 104 Å². The number of aliphatic hydroxyl groups excluding tert-OH is 1. The highest BCUT2D eigenvalue weighted by Crippen LogP contribution is 2.42. The summed E-state index contributed by atoms with van der Waals surface area (Å²) in [5.41, 5.74) is 2.98. The number of fused-ring (bicyclic) bond motifs is 1. The van der Waals surface area contributed by atoms with Crippen molar-refractivity contribution in [2.75, 3.05) is 6.61 Å². The van der Waals surface area contributed by atoms with Gasteiger partial charge in [0.25, 0.3) is 0 Å². The van der Waals surface area contributed by atoms with Crippen LogP contribution in [-0.4, -0.2) is 16.8 Å². The number of aliphatic hydroxyl groups is 1. The Kier molecular flexibility index (Phi) is 3.01. The molecule has 0 radical (unpaired) electrons. The summed E-state index contributed by atoms with van der Waals surface area (Å²) in [6, 6.07) is 2.05. The largest absolute Gasteiger partial charge is 0.506 e. The van der Waals surface area contributed by atoms with E-state index in [2.05, 4.69) is 22.0 Å². The molecular formula is C13H17BrO2. The number of rotatable bonds is 2. The van der Waals surface area contributed by atoms with Gasteiger partial charge in [0.15, 0.2) is 0 Å². The van der Waals surface area contributed by atoms with Crippen molar-refractivity contribution in [3.8, 4) is 5.75 Å². The number of hydrogen-bond acceptors (Lipinski definition) is 2. The van der Waals surface area contributed by atoms with Crippen molar-refractivity contribution in [3.63, 3.8) is 0 Å². The van der Waals surface area contributed by atoms with Gasteiger partial charge in [-0.15, -0.1) is 0 Å². The molecule has 2 rings (SSSR count). The van der Waals surface area contributed by atoms with Crippen molar-refractivity contribution in [2.45, 2.75) is 38.5 Å². The van der Waals surface area contributed by atoms with E-state index in [1.807, 2.05) is 13.8 Å². The zero-order valence-corrected chi connectivity index (χ0v) is 11.3. The van der Waals surface area contributed by atoms with Crippen LogP contribution in [0.5, 0.6) is 5.75 Å². The number of halogens is 1. The first-order chi connectivity index (χ1) is 7.47. The van der Waals surface area contributed by atoms with E-state index >= 15 is 0 Å². The van der Waals surface area contributed by atoms with Crippen LogP contribution in [0.1, 0.15) is 37.0 Å². The van der Waals surface area contributed by atoms with Crippen molar-refractivity contribution in [1.29, 1.82) is 0 Å². The summed E-state index contributed by atoms with van der Waals surface area (Å²) in [5.74, 6) is 0.291. The van der Waals surface area contributed by atoms with Crippen LogP contribution in [0.15, 0.2) is 10.5 Å². The second-order valence-corrected chi connectivity index (χ2v) is 5.91. The smallest absolute Gasteiger partial charge is 0.133 e. The Bertz CT molecular complexity index is 424. The van der Waals surface area contributed by atoms with Crippen LogP contribution in [0.2, 0.25) is 0 Å². The van der Waals surface area contributed by atoms with Gasteiger partial charge in [-0.2, -0.15) is 0 Å². The maximum absolute atomic E-state index is 10.2. The van der Waals surface area contributed by atoms with E-state index in [0.717, 1.165) is 29.3 Å². The maximum Gasteiger partial charge on any atom is 0.133 e. The van der Waals surface area contributed by atoms with Crippen molar-refractivity contribution < 1.29 is 10.2 Å². The number of hydrogen-bond donors (Lipinski definition) is 2. The molecule has 0 aliphatic heterocycles. The number of benzene rings is 1. The van der Waals surface area contributed by atoms with Gasteiger partial charge in [0.05, 0.1) is 11.1 Å². The third-order valence-corrected chi connectivity index (χ3v) is 4.29. The molecule has 1 aromatic carbocycles. The number of phenolic OH excluding ortho intramolecular Hbond substituents is 1. The zero-order chi connectivity index (χ0) is 11.9. The monoisotopic (exact) mass is 284 g/mol. The molecule has 16 heavy (non-hydrogen) atoms. The van der Waals surface area contributed by atoms with E-state index in [9.17, 15) is 10.2 Å². The highest BCUT2D eigenvalue weighted by atomic mass is 79.9.